The van der Waals surface area contributed by atoms with E-state index in [1.54, 1.807) is 6.33 Å². The zero-order valence-corrected chi connectivity index (χ0v) is 13.3. The molecule has 1 fully saturated rings. The first-order valence-electron chi connectivity index (χ1n) is 7.54. The molecule has 22 heavy (non-hydrogen) atoms. The summed E-state index contributed by atoms with van der Waals surface area (Å²) in [7, 11) is 0. The number of hydrogen-bond acceptors (Lipinski definition) is 3. The molecule has 1 N–H and O–H groups in total. The number of nitrogens with one attached hydrogen (secondary N) is 1. The maximum atomic E-state index is 4.40. The fourth-order valence-corrected chi connectivity index (χ4v) is 4.20. The van der Waals surface area contributed by atoms with E-state index < -0.39 is 0 Å². The van der Waals surface area contributed by atoms with Crippen molar-refractivity contribution in [1.82, 2.24) is 9.97 Å². The van der Waals surface area contributed by atoms with Gasteiger partial charge in [0.1, 0.15) is 0 Å². The van der Waals surface area contributed by atoms with Gasteiger partial charge in [0, 0.05) is 23.2 Å². The highest BCUT2D eigenvalue weighted by atomic mass is 32.2. The summed E-state index contributed by atoms with van der Waals surface area (Å²) < 4.78 is 0. The van der Waals surface area contributed by atoms with Gasteiger partial charge in [-0.25, -0.2) is 4.98 Å². The molecule has 0 saturated carbocycles. The van der Waals surface area contributed by atoms with Crippen LogP contribution in [0, 0.1) is 5.75 Å². The molecular formula is C18H18N3S. The van der Waals surface area contributed by atoms with E-state index in [0.717, 1.165) is 16.8 Å². The van der Waals surface area contributed by atoms with Crippen LogP contribution in [0.2, 0.25) is 0 Å². The molecule has 0 aliphatic carbocycles. The first kappa shape index (κ1) is 13.7. The van der Waals surface area contributed by atoms with E-state index in [-0.39, 0.29) is 0 Å². The van der Waals surface area contributed by atoms with Crippen molar-refractivity contribution in [3.63, 3.8) is 0 Å². The predicted octanol–water partition coefficient (Wildman–Crippen LogP) is 4.41. The van der Waals surface area contributed by atoms with Crippen molar-refractivity contribution >= 4 is 28.5 Å². The Hall–Kier alpha value is -1.94. The second-order valence-corrected chi connectivity index (χ2v) is 6.59. The average Bonchev–Trinajstić information content (AvgIpc) is 3.03. The van der Waals surface area contributed by atoms with Crippen LogP contribution in [-0.2, 0) is 0 Å². The van der Waals surface area contributed by atoms with E-state index in [4.69, 9.17) is 0 Å². The Bertz CT molecular complexity index is 768. The molecule has 2 unspecified atom stereocenters. The maximum Gasteiger partial charge on any atom is 0.0931 e. The normalized spacial score (nSPS) is 22.1. The average molecular weight is 308 g/mol. The van der Waals surface area contributed by atoms with E-state index in [1.165, 1.54) is 11.3 Å². The maximum absolute atomic E-state index is 4.40. The van der Waals surface area contributed by atoms with Crippen molar-refractivity contribution in [1.29, 1.82) is 0 Å². The van der Waals surface area contributed by atoms with Gasteiger partial charge in [-0.1, -0.05) is 30.3 Å². The molecule has 1 aliphatic heterocycles. The minimum Gasteiger partial charge on any atom is -0.360 e. The fourth-order valence-electron chi connectivity index (χ4n) is 3.14. The summed E-state index contributed by atoms with van der Waals surface area (Å²) in [6.45, 7) is 2.26. The molecule has 1 aromatic heterocycles. The highest BCUT2D eigenvalue weighted by Crippen LogP contribution is 2.39. The first-order chi connectivity index (χ1) is 10.8. The fraction of sp³-hybridized carbons (Fsp3) is 0.222. The minimum absolute atomic E-state index is 0.389. The summed E-state index contributed by atoms with van der Waals surface area (Å²) in [5.41, 5.74) is 4.72. The van der Waals surface area contributed by atoms with Gasteiger partial charge < -0.3 is 9.88 Å². The van der Waals surface area contributed by atoms with E-state index in [1.807, 2.05) is 11.8 Å². The van der Waals surface area contributed by atoms with E-state index in [9.17, 15) is 0 Å². The van der Waals surface area contributed by atoms with Gasteiger partial charge in [0.2, 0.25) is 0 Å². The summed E-state index contributed by atoms with van der Waals surface area (Å²) in [5, 5.41) is 0. The predicted molar refractivity (Wildman–Crippen MR) is 94.0 cm³/mol. The van der Waals surface area contributed by atoms with E-state index in [2.05, 4.69) is 76.1 Å². The Morgan fingerprint density at radius 2 is 2.05 bits per heavy atom. The number of aromatic nitrogens is 2. The SMILES string of the molecule is CC1[CH]SCC(c2ccccc2)N1c1ccc2[nH]cnc2c1. The van der Waals surface area contributed by atoms with Gasteiger partial charge in [0.05, 0.1) is 23.4 Å². The van der Waals surface area contributed by atoms with Crippen molar-refractivity contribution in [3.05, 3.63) is 66.2 Å². The van der Waals surface area contributed by atoms with Gasteiger partial charge in [-0.15, -0.1) is 0 Å². The third kappa shape index (κ3) is 2.37. The summed E-state index contributed by atoms with van der Waals surface area (Å²) >= 11 is 1.92. The van der Waals surface area contributed by atoms with Gasteiger partial charge in [-0.05, 0) is 30.7 Å². The molecule has 3 aromatic rings. The summed E-state index contributed by atoms with van der Waals surface area (Å²) in [5.74, 6) is 3.40. The molecule has 4 heteroatoms. The topological polar surface area (TPSA) is 31.9 Å². The van der Waals surface area contributed by atoms with E-state index in [0.29, 0.717) is 12.1 Å². The molecule has 2 aromatic carbocycles. The lowest BCUT2D eigenvalue weighted by atomic mass is 10.0. The molecule has 4 rings (SSSR count). The minimum atomic E-state index is 0.389. The quantitative estimate of drug-likeness (QED) is 0.761. The number of fused-ring (bicyclic) bond motifs is 1. The van der Waals surface area contributed by atoms with Crippen LogP contribution in [0.4, 0.5) is 5.69 Å². The Labute approximate surface area is 134 Å². The van der Waals surface area contributed by atoms with Gasteiger partial charge >= 0.3 is 0 Å². The van der Waals surface area contributed by atoms with Crippen molar-refractivity contribution in [3.8, 4) is 0 Å². The number of thioether (sulfide) groups is 1. The van der Waals surface area contributed by atoms with Crippen LogP contribution < -0.4 is 4.90 Å². The van der Waals surface area contributed by atoms with Crippen LogP contribution in [0.1, 0.15) is 18.5 Å². The van der Waals surface area contributed by atoms with Crippen molar-refractivity contribution in [2.45, 2.75) is 19.0 Å². The van der Waals surface area contributed by atoms with Crippen LogP contribution >= 0.6 is 11.8 Å². The molecule has 1 radical (unpaired) electrons. The summed E-state index contributed by atoms with van der Waals surface area (Å²) in [4.78, 5) is 10.1. The molecular weight excluding hydrogens is 290 g/mol. The Balaban J connectivity index is 1.77. The first-order valence-corrected chi connectivity index (χ1v) is 8.59. The number of nitrogens with zero attached hydrogens (tertiary/aromatic N) is 2. The number of imidazole rings is 1. The van der Waals surface area contributed by atoms with Crippen LogP contribution in [0.5, 0.6) is 0 Å². The van der Waals surface area contributed by atoms with Crippen molar-refractivity contribution in [2.75, 3.05) is 10.7 Å². The van der Waals surface area contributed by atoms with Gasteiger partial charge in [0.25, 0.3) is 0 Å². The molecule has 2 heterocycles. The lowest BCUT2D eigenvalue weighted by Crippen LogP contribution is -2.41. The smallest absolute Gasteiger partial charge is 0.0931 e. The lowest BCUT2D eigenvalue weighted by molar-refractivity contribution is 0.617. The van der Waals surface area contributed by atoms with Crippen molar-refractivity contribution < 1.29 is 0 Å². The summed E-state index contributed by atoms with van der Waals surface area (Å²) in [6, 6.07) is 18.0. The monoisotopic (exact) mass is 308 g/mol. The molecule has 0 bridgehead atoms. The van der Waals surface area contributed by atoms with Gasteiger partial charge in [-0.3, -0.25) is 0 Å². The van der Waals surface area contributed by atoms with E-state index >= 15 is 0 Å². The molecule has 1 aliphatic rings. The number of aromatic amines is 1. The number of hydrogen-bond donors (Lipinski definition) is 1. The molecule has 2 atom stereocenters. The zero-order chi connectivity index (χ0) is 14.9. The lowest BCUT2D eigenvalue weighted by Gasteiger charge is -2.42. The highest BCUT2D eigenvalue weighted by molar-refractivity contribution is 8.01. The number of rotatable bonds is 2. The Morgan fingerprint density at radius 3 is 2.91 bits per heavy atom. The van der Waals surface area contributed by atoms with Crippen LogP contribution in [0.3, 0.4) is 0 Å². The molecule has 0 amide bonds. The Morgan fingerprint density at radius 1 is 1.18 bits per heavy atom. The van der Waals surface area contributed by atoms with Crippen LogP contribution in [-0.4, -0.2) is 21.8 Å². The molecule has 111 valence electrons. The number of anilines is 1. The Kier molecular flexibility index (Phi) is 3.54. The van der Waals surface area contributed by atoms with Gasteiger partial charge in [-0.2, -0.15) is 11.8 Å². The number of H-pyrrole nitrogens is 1. The van der Waals surface area contributed by atoms with Crippen LogP contribution in [0.15, 0.2) is 54.9 Å². The largest absolute Gasteiger partial charge is 0.360 e. The summed E-state index contributed by atoms with van der Waals surface area (Å²) in [6.07, 6.45) is 1.75. The standard InChI is InChI=1S/C18H18N3S/c1-13-10-22-11-18(14-5-3-2-4-6-14)21(13)15-7-8-16-17(9-15)20-12-19-16/h2-10,12-13,18H,11H2,1H3,(H,19,20). The second kappa shape index (κ2) is 5.69. The van der Waals surface area contributed by atoms with Crippen molar-refractivity contribution in [2.24, 2.45) is 0 Å². The third-order valence-corrected chi connectivity index (χ3v) is 5.30. The zero-order valence-electron chi connectivity index (χ0n) is 12.4. The molecule has 0 spiro atoms. The number of benzene rings is 2. The molecule has 3 nitrogen and oxygen atoms in total. The van der Waals surface area contributed by atoms with Gasteiger partial charge in [0.15, 0.2) is 0 Å². The third-order valence-electron chi connectivity index (χ3n) is 4.21. The highest BCUT2D eigenvalue weighted by Gasteiger charge is 2.30. The second-order valence-electron chi connectivity index (χ2n) is 5.65. The molecule has 1 saturated heterocycles. The van der Waals surface area contributed by atoms with Crippen LogP contribution in [0.25, 0.3) is 11.0 Å².